The van der Waals surface area contributed by atoms with Gasteiger partial charge in [-0.05, 0) is 48.9 Å². The quantitative estimate of drug-likeness (QED) is 0.926. The molecule has 3 nitrogen and oxygen atoms in total. The highest BCUT2D eigenvalue weighted by molar-refractivity contribution is 7.91. The van der Waals surface area contributed by atoms with E-state index < -0.39 is 9.84 Å². The molecule has 2 N–H and O–H groups in total. The van der Waals surface area contributed by atoms with Crippen LogP contribution in [0, 0.1) is 17.7 Å². The van der Waals surface area contributed by atoms with Crippen molar-refractivity contribution in [3.63, 3.8) is 0 Å². The van der Waals surface area contributed by atoms with Crippen LogP contribution in [-0.4, -0.2) is 26.5 Å². The second-order valence-corrected chi connectivity index (χ2v) is 7.73. The predicted octanol–water partition coefficient (Wildman–Crippen LogP) is 2.03. The molecule has 2 unspecified atom stereocenters. The lowest BCUT2D eigenvalue weighted by molar-refractivity contribution is 0.370. The number of nitrogens with two attached hydrogens (primary N) is 1. The molecule has 1 aromatic carbocycles. The molecule has 0 radical (unpaired) electrons. The molecule has 0 spiro atoms. The highest BCUT2D eigenvalue weighted by atomic mass is 35.5. The van der Waals surface area contributed by atoms with E-state index in [0.717, 1.165) is 5.56 Å². The van der Waals surface area contributed by atoms with E-state index in [2.05, 4.69) is 0 Å². The van der Waals surface area contributed by atoms with Crippen molar-refractivity contribution in [3.8, 4) is 0 Å². The lowest BCUT2D eigenvalue weighted by Crippen LogP contribution is -2.26. The molecular weight excluding hydrogens is 289 g/mol. The molecule has 106 valence electrons. The van der Waals surface area contributed by atoms with Gasteiger partial charge in [-0.2, -0.15) is 0 Å². The Balaban J connectivity index is 2.11. The van der Waals surface area contributed by atoms with Gasteiger partial charge in [0.1, 0.15) is 5.82 Å². The summed E-state index contributed by atoms with van der Waals surface area (Å²) in [5.41, 5.74) is 6.58. The third-order valence-corrected chi connectivity index (χ3v) is 5.88. The van der Waals surface area contributed by atoms with Crippen LogP contribution in [0.1, 0.15) is 12.0 Å². The van der Waals surface area contributed by atoms with Gasteiger partial charge in [0.15, 0.2) is 9.84 Å². The number of rotatable bonds is 4. The van der Waals surface area contributed by atoms with Gasteiger partial charge in [-0.15, -0.1) is 0 Å². The van der Waals surface area contributed by atoms with E-state index in [4.69, 9.17) is 17.3 Å². The Hall–Kier alpha value is -0.650. The van der Waals surface area contributed by atoms with Crippen molar-refractivity contribution in [2.75, 3.05) is 18.1 Å². The van der Waals surface area contributed by atoms with Gasteiger partial charge in [-0.3, -0.25) is 0 Å². The van der Waals surface area contributed by atoms with Crippen molar-refractivity contribution in [3.05, 3.63) is 34.6 Å². The highest BCUT2D eigenvalue weighted by Gasteiger charge is 2.33. The molecule has 1 heterocycles. The van der Waals surface area contributed by atoms with Gasteiger partial charge >= 0.3 is 0 Å². The fraction of sp³-hybridized carbons (Fsp3) is 0.538. The van der Waals surface area contributed by atoms with Crippen LogP contribution in [0.25, 0.3) is 0 Å². The molecule has 6 heteroatoms. The van der Waals surface area contributed by atoms with Crippen molar-refractivity contribution >= 4 is 21.4 Å². The minimum Gasteiger partial charge on any atom is -0.330 e. The Labute approximate surface area is 117 Å². The fourth-order valence-corrected chi connectivity index (χ4v) is 4.77. The van der Waals surface area contributed by atoms with E-state index in [1.54, 1.807) is 6.07 Å². The van der Waals surface area contributed by atoms with Gasteiger partial charge in [0.05, 0.1) is 11.5 Å². The van der Waals surface area contributed by atoms with Crippen LogP contribution in [0.4, 0.5) is 4.39 Å². The summed E-state index contributed by atoms with van der Waals surface area (Å²) in [7, 11) is -2.91. The number of halogens is 2. The molecule has 1 aromatic rings. The Morgan fingerprint density at radius 1 is 1.47 bits per heavy atom. The van der Waals surface area contributed by atoms with Crippen molar-refractivity contribution < 1.29 is 12.8 Å². The molecule has 0 saturated carbocycles. The van der Waals surface area contributed by atoms with E-state index in [1.807, 2.05) is 0 Å². The van der Waals surface area contributed by atoms with E-state index in [1.165, 1.54) is 12.1 Å². The van der Waals surface area contributed by atoms with Gasteiger partial charge in [0, 0.05) is 5.02 Å². The summed E-state index contributed by atoms with van der Waals surface area (Å²) in [4.78, 5) is 0. The van der Waals surface area contributed by atoms with Gasteiger partial charge in [-0.1, -0.05) is 17.7 Å². The van der Waals surface area contributed by atoms with E-state index >= 15 is 0 Å². The normalized spacial score (nSPS) is 23.4. The summed E-state index contributed by atoms with van der Waals surface area (Å²) in [6.07, 6.45) is 1.25. The van der Waals surface area contributed by atoms with Crippen LogP contribution in [-0.2, 0) is 16.3 Å². The maximum atomic E-state index is 13.0. The van der Waals surface area contributed by atoms with Crippen molar-refractivity contribution in [2.24, 2.45) is 17.6 Å². The molecule has 0 aromatic heterocycles. The summed E-state index contributed by atoms with van der Waals surface area (Å²) >= 11 is 5.99. The zero-order valence-electron chi connectivity index (χ0n) is 10.5. The predicted molar refractivity (Wildman–Crippen MR) is 74.4 cm³/mol. The third kappa shape index (κ3) is 3.68. The summed E-state index contributed by atoms with van der Waals surface area (Å²) in [5, 5.41) is 0.374. The average Bonchev–Trinajstić information content (AvgIpc) is 2.69. The zero-order valence-corrected chi connectivity index (χ0v) is 12.1. The largest absolute Gasteiger partial charge is 0.330 e. The number of hydrogen-bond donors (Lipinski definition) is 1. The number of benzene rings is 1. The monoisotopic (exact) mass is 305 g/mol. The van der Waals surface area contributed by atoms with Gasteiger partial charge in [0.25, 0.3) is 0 Å². The maximum Gasteiger partial charge on any atom is 0.150 e. The number of hydrogen-bond acceptors (Lipinski definition) is 3. The Morgan fingerprint density at radius 2 is 2.21 bits per heavy atom. The summed E-state index contributed by atoms with van der Waals surface area (Å²) < 4.78 is 36.0. The molecular formula is C13H17ClFNO2S. The standard InChI is InChI=1S/C13H17ClFNO2S/c14-13-6-12(15)2-1-9(13)5-11(7-16)10-3-4-19(17,18)8-10/h1-2,6,10-11H,3-5,7-8,16H2. The fourth-order valence-electron chi connectivity index (χ4n) is 2.61. The van der Waals surface area contributed by atoms with Crippen molar-refractivity contribution in [2.45, 2.75) is 12.8 Å². The minimum atomic E-state index is -2.91. The molecule has 1 aliphatic heterocycles. The molecule has 2 atom stereocenters. The Kier molecular flexibility index (Phi) is 4.48. The molecule has 19 heavy (non-hydrogen) atoms. The first-order valence-corrected chi connectivity index (χ1v) is 8.45. The molecule has 1 saturated heterocycles. The van der Waals surface area contributed by atoms with Gasteiger partial charge < -0.3 is 5.73 Å². The first kappa shape index (κ1) is 14.8. The van der Waals surface area contributed by atoms with Crippen LogP contribution in [0.5, 0.6) is 0 Å². The molecule has 2 rings (SSSR count). The minimum absolute atomic E-state index is 0.0697. The lowest BCUT2D eigenvalue weighted by Gasteiger charge is -2.21. The van der Waals surface area contributed by atoms with Crippen LogP contribution >= 0.6 is 11.6 Å². The molecule has 1 aliphatic rings. The second-order valence-electron chi connectivity index (χ2n) is 5.10. The first-order valence-electron chi connectivity index (χ1n) is 6.25. The van der Waals surface area contributed by atoms with Gasteiger partial charge in [-0.25, -0.2) is 12.8 Å². The molecule has 1 fully saturated rings. The summed E-state index contributed by atoms with van der Waals surface area (Å²) in [6, 6.07) is 4.28. The SMILES string of the molecule is NCC(Cc1ccc(F)cc1Cl)C1CCS(=O)(=O)C1. The zero-order chi connectivity index (χ0) is 14.0. The lowest BCUT2D eigenvalue weighted by atomic mass is 9.86. The topological polar surface area (TPSA) is 60.2 Å². The molecule has 0 bridgehead atoms. The second kappa shape index (κ2) is 5.77. The van der Waals surface area contributed by atoms with Crippen LogP contribution in [0.15, 0.2) is 18.2 Å². The van der Waals surface area contributed by atoms with Crippen molar-refractivity contribution in [1.82, 2.24) is 0 Å². The third-order valence-electron chi connectivity index (χ3n) is 3.73. The number of sulfone groups is 1. The first-order chi connectivity index (χ1) is 8.91. The maximum absolute atomic E-state index is 13.0. The average molecular weight is 306 g/mol. The Morgan fingerprint density at radius 3 is 2.74 bits per heavy atom. The van der Waals surface area contributed by atoms with E-state index in [-0.39, 0.29) is 29.2 Å². The Bertz CT molecular complexity index is 562. The smallest absolute Gasteiger partial charge is 0.150 e. The summed E-state index contributed by atoms with van der Waals surface area (Å²) in [5.74, 6) is 0.219. The van der Waals surface area contributed by atoms with E-state index in [0.29, 0.717) is 24.4 Å². The van der Waals surface area contributed by atoms with Crippen molar-refractivity contribution in [1.29, 1.82) is 0 Å². The van der Waals surface area contributed by atoms with Crippen LogP contribution in [0.2, 0.25) is 5.02 Å². The highest BCUT2D eigenvalue weighted by Crippen LogP contribution is 2.30. The molecule has 0 aliphatic carbocycles. The van der Waals surface area contributed by atoms with Gasteiger partial charge in [0.2, 0.25) is 0 Å². The van der Waals surface area contributed by atoms with Crippen LogP contribution < -0.4 is 5.73 Å². The summed E-state index contributed by atoms with van der Waals surface area (Å²) in [6.45, 7) is 0.411. The van der Waals surface area contributed by atoms with E-state index in [9.17, 15) is 12.8 Å². The van der Waals surface area contributed by atoms with Crippen LogP contribution in [0.3, 0.4) is 0 Å². The molecule has 0 amide bonds.